The van der Waals surface area contributed by atoms with Gasteiger partial charge in [0.1, 0.15) is 0 Å². The van der Waals surface area contributed by atoms with Gasteiger partial charge in [-0.1, -0.05) is 12.8 Å². The van der Waals surface area contributed by atoms with Crippen molar-refractivity contribution in [3.05, 3.63) is 21.9 Å². The summed E-state index contributed by atoms with van der Waals surface area (Å²) in [6.07, 6.45) is 3.46. The molecule has 0 bridgehead atoms. The summed E-state index contributed by atoms with van der Waals surface area (Å²) in [4.78, 5) is 12.7. The Morgan fingerprint density at radius 1 is 1.50 bits per heavy atom. The van der Waals surface area contributed by atoms with E-state index in [0.717, 1.165) is 36.1 Å². The van der Waals surface area contributed by atoms with E-state index in [9.17, 15) is 9.90 Å². The van der Waals surface area contributed by atoms with Crippen molar-refractivity contribution in [3.63, 3.8) is 0 Å². The molecule has 1 aromatic heterocycles. The number of thiophene rings is 1. The number of carbonyl (C=O) groups excluding carboxylic acids is 1. The maximum absolute atomic E-state index is 11.9. The molecule has 1 heterocycles. The highest BCUT2D eigenvalue weighted by molar-refractivity contribution is 7.12. The Kier molecular flexibility index (Phi) is 3.61. The second-order valence-corrected chi connectivity index (χ2v) is 5.28. The summed E-state index contributed by atoms with van der Waals surface area (Å²) in [6, 6.07) is 1.87. The lowest BCUT2D eigenvalue weighted by atomic mass is 9.92. The first-order valence-corrected chi connectivity index (χ1v) is 6.59. The molecule has 4 heteroatoms. The Hall–Kier alpha value is -0.870. The zero-order valence-corrected chi connectivity index (χ0v) is 10.2. The first-order valence-electron chi connectivity index (χ1n) is 5.71. The summed E-state index contributed by atoms with van der Waals surface area (Å²) in [5.74, 6) is -0.0431. The topological polar surface area (TPSA) is 49.3 Å². The molecule has 0 radical (unpaired) electrons. The molecule has 1 aromatic rings. The monoisotopic (exact) mass is 239 g/mol. The van der Waals surface area contributed by atoms with Gasteiger partial charge >= 0.3 is 0 Å². The number of carbonyl (C=O) groups is 1. The van der Waals surface area contributed by atoms with Crippen LogP contribution in [0.3, 0.4) is 0 Å². The number of amides is 1. The van der Waals surface area contributed by atoms with Crippen molar-refractivity contribution in [2.75, 3.05) is 0 Å². The molecule has 0 aliphatic heterocycles. The normalized spacial score (nSPS) is 25.4. The van der Waals surface area contributed by atoms with Gasteiger partial charge in [-0.25, -0.2) is 0 Å². The van der Waals surface area contributed by atoms with Crippen LogP contribution in [0.1, 0.15) is 40.9 Å². The van der Waals surface area contributed by atoms with Gasteiger partial charge in [-0.2, -0.15) is 0 Å². The minimum absolute atomic E-state index is 0.0431. The van der Waals surface area contributed by atoms with Crippen LogP contribution in [0.5, 0.6) is 0 Å². The van der Waals surface area contributed by atoms with Gasteiger partial charge in [-0.15, -0.1) is 11.3 Å². The third-order valence-electron chi connectivity index (χ3n) is 3.11. The highest BCUT2D eigenvalue weighted by Crippen LogP contribution is 2.20. The highest BCUT2D eigenvalue weighted by Gasteiger charge is 2.25. The standard InChI is InChI=1S/C12H17NO2S/c1-8-6-7-16-11(8)12(15)13-9-4-2-3-5-10(9)14/h6-7,9-10,14H,2-5H2,1H3,(H,13,15). The van der Waals surface area contributed by atoms with Crippen LogP contribution in [0.4, 0.5) is 0 Å². The third-order valence-corrected chi connectivity index (χ3v) is 4.13. The Balaban J connectivity index is 1.99. The molecule has 1 aliphatic rings. The molecule has 1 aliphatic carbocycles. The molecule has 2 N–H and O–H groups in total. The van der Waals surface area contributed by atoms with Gasteiger partial charge in [0.25, 0.3) is 5.91 Å². The van der Waals surface area contributed by atoms with E-state index < -0.39 is 0 Å². The van der Waals surface area contributed by atoms with Crippen molar-refractivity contribution in [2.24, 2.45) is 0 Å². The molecule has 2 rings (SSSR count). The number of rotatable bonds is 2. The van der Waals surface area contributed by atoms with Gasteiger partial charge in [0.2, 0.25) is 0 Å². The van der Waals surface area contributed by atoms with Crippen LogP contribution in [-0.2, 0) is 0 Å². The number of aliphatic hydroxyl groups is 1. The maximum Gasteiger partial charge on any atom is 0.261 e. The van der Waals surface area contributed by atoms with Crippen molar-refractivity contribution in [2.45, 2.75) is 44.8 Å². The minimum atomic E-state index is -0.377. The van der Waals surface area contributed by atoms with E-state index in [-0.39, 0.29) is 18.1 Å². The van der Waals surface area contributed by atoms with E-state index >= 15 is 0 Å². The number of hydrogen-bond donors (Lipinski definition) is 2. The van der Waals surface area contributed by atoms with Crippen LogP contribution in [0.2, 0.25) is 0 Å². The second kappa shape index (κ2) is 4.97. The molecule has 2 unspecified atom stereocenters. The number of aliphatic hydroxyl groups excluding tert-OH is 1. The number of aryl methyl sites for hydroxylation is 1. The lowest BCUT2D eigenvalue weighted by Gasteiger charge is -2.28. The predicted molar refractivity (Wildman–Crippen MR) is 64.8 cm³/mol. The zero-order chi connectivity index (χ0) is 11.5. The summed E-state index contributed by atoms with van der Waals surface area (Å²) >= 11 is 1.45. The van der Waals surface area contributed by atoms with Crippen molar-refractivity contribution in [3.8, 4) is 0 Å². The van der Waals surface area contributed by atoms with E-state index in [0.29, 0.717) is 0 Å². The van der Waals surface area contributed by atoms with E-state index in [2.05, 4.69) is 5.32 Å². The van der Waals surface area contributed by atoms with Crippen LogP contribution in [0, 0.1) is 6.92 Å². The van der Waals surface area contributed by atoms with E-state index in [1.807, 2.05) is 18.4 Å². The predicted octanol–water partition coefficient (Wildman–Crippen LogP) is 2.09. The number of hydrogen-bond acceptors (Lipinski definition) is 3. The summed E-state index contributed by atoms with van der Waals surface area (Å²) in [5.41, 5.74) is 1.01. The lowest BCUT2D eigenvalue weighted by Crippen LogP contribution is -2.45. The van der Waals surface area contributed by atoms with E-state index in [1.54, 1.807) is 0 Å². The largest absolute Gasteiger partial charge is 0.391 e. The highest BCUT2D eigenvalue weighted by atomic mass is 32.1. The molecular formula is C12H17NO2S. The van der Waals surface area contributed by atoms with Gasteiger partial charge < -0.3 is 10.4 Å². The summed E-state index contributed by atoms with van der Waals surface area (Å²) < 4.78 is 0. The molecule has 88 valence electrons. The molecule has 16 heavy (non-hydrogen) atoms. The molecule has 2 atom stereocenters. The minimum Gasteiger partial charge on any atom is -0.391 e. The molecule has 1 amide bonds. The van der Waals surface area contributed by atoms with Gasteiger partial charge in [-0.05, 0) is 36.8 Å². The third kappa shape index (κ3) is 2.44. The molecule has 0 spiro atoms. The molecule has 0 saturated heterocycles. The summed E-state index contributed by atoms with van der Waals surface area (Å²) in [6.45, 7) is 1.93. The quantitative estimate of drug-likeness (QED) is 0.830. The molecular weight excluding hydrogens is 222 g/mol. The first-order chi connectivity index (χ1) is 7.68. The Labute approximate surface area is 99.5 Å². The van der Waals surface area contributed by atoms with Crippen molar-refractivity contribution < 1.29 is 9.90 Å². The summed E-state index contributed by atoms with van der Waals surface area (Å²) in [5, 5.41) is 14.6. The molecule has 1 fully saturated rings. The van der Waals surface area contributed by atoms with E-state index in [4.69, 9.17) is 0 Å². The fourth-order valence-electron chi connectivity index (χ4n) is 2.12. The first kappa shape index (κ1) is 11.6. The molecule has 0 aromatic carbocycles. The Bertz CT molecular complexity index is 375. The van der Waals surface area contributed by atoms with Crippen LogP contribution in [-0.4, -0.2) is 23.2 Å². The summed E-state index contributed by atoms with van der Waals surface area (Å²) in [7, 11) is 0. The average Bonchev–Trinajstić information content (AvgIpc) is 2.68. The van der Waals surface area contributed by atoms with Gasteiger partial charge in [-0.3, -0.25) is 4.79 Å². The number of nitrogens with one attached hydrogen (secondary N) is 1. The van der Waals surface area contributed by atoms with Gasteiger partial charge in [0, 0.05) is 0 Å². The van der Waals surface area contributed by atoms with E-state index in [1.165, 1.54) is 11.3 Å². The Morgan fingerprint density at radius 2 is 2.25 bits per heavy atom. The molecule has 3 nitrogen and oxygen atoms in total. The Morgan fingerprint density at radius 3 is 2.88 bits per heavy atom. The second-order valence-electron chi connectivity index (χ2n) is 4.36. The van der Waals surface area contributed by atoms with Crippen molar-refractivity contribution in [1.82, 2.24) is 5.32 Å². The van der Waals surface area contributed by atoms with Crippen molar-refractivity contribution in [1.29, 1.82) is 0 Å². The SMILES string of the molecule is Cc1ccsc1C(=O)NC1CCCCC1O. The maximum atomic E-state index is 11.9. The fourth-order valence-corrected chi connectivity index (χ4v) is 2.95. The van der Waals surface area contributed by atoms with Crippen LogP contribution >= 0.6 is 11.3 Å². The molecule has 1 saturated carbocycles. The zero-order valence-electron chi connectivity index (χ0n) is 9.40. The van der Waals surface area contributed by atoms with Crippen LogP contribution in [0.15, 0.2) is 11.4 Å². The van der Waals surface area contributed by atoms with Crippen LogP contribution < -0.4 is 5.32 Å². The average molecular weight is 239 g/mol. The smallest absolute Gasteiger partial charge is 0.261 e. The van der Waals surface area contributed by atoms with Gasteiger partial charge in [0.05, 0.1) is 17.0 Å². The van der Waals surface area contributed by atoms with Gasteiger partial charge in [0.15, 0.2) is 0 Å². The van der Waals surface area contributed by atoms with Crippen molar-refractivity contribution >= 4 is 17.2 Å². The van der Waals surface area contributed by atoms with Crippen LogP contribution in [0.25, 0.3) is 0 Å². The fraction of sp³-hybridized carbons (Fsp3) is 0.583. The lowest BCUT2D eigenvalue weighted by molar-refractivity contribution is 0.0720.